The summed E-state index contributed by atoms with van der Waals surface area (Å²) in [6.07, 6.45) is 2.80. The number of hydrogen-bond donors (Lipinski definition) is 2. The molecule has 0 atom stereocenters. The average Bonchev–Trinajstić information content (AvgIpc) is 3.02. The molecule has 126 valence electrons. The predicted octanol–water partition coefficient (Wildman–Crippen LogP) is 1.62. The number of nitro groups is 1. The van der Waals surface area contributed by atoms with E-state index in [2.05, 4.69) is 10.4 Å². The van der Waals surface area contributed by atoms with E-state index in [1.54, 1.807) is 0 Å². The molecule has 9 nitrogen and oxygen atoms in total. The van der Waals surface area contributed by atoms with Crippen LogP contribution >= 0.6 is 0 Å². The highest BCUT2D eigenvalue weighted by Gasteiger charge is 2.27. The predicted molar refractivity (Wildman–Crippen MR) is 84.0 cm³/mol. The van der Waals surface area contributed by atoms with Gasteiger partial charge in [0.15, 0.2) is 0 Å². The Kier molecular flexibility index (Phi) is 4.63. The SMILES string of the molecule is CC(C)(CNC(=O)c1cnn(-c2ccc([N+](=O)[O-])cc2)c1)C(=O)O. The van der Waals surface area contributed by atoms with Crippen molar-refractivity contribution in [2.75, 3.05) is 6.54 Å². The molecular formula is C15H16N4O5. The van der Waals surface area contributed by atoms with Gasteiger partial charge in [-0.3, -0.25) is 19.7 Å². The first kappa shape index (κ1) is 17.1. The summed E-state index contributed by atoms with van der Waals surface area (Å²) in [7, 11) is 0. The Bertz CT molecular complexity index is 779. The Morgan fingerprint density at radius 3 is 2.50 bits per heavy atom. The van der Waals surface area contributed by atoms with E-state index < -0.39 is 22.2 Å². The number of non-ortho nitro benzene ring substituents is 1. The number of aliphatic carboxylic acids is 1. The van der Waals surface area contributed by atoms with Crippen LogP contribution in [-0.2, 0) is 4.79 Å². The van der Waals surface area contributed by atoms with Gasteiger partial charge in [0.2, 0.25) is 0 Å². The summed E-state index contributed by atoms with van der Waals surface area (Å²) in [6, 6.07) is 5.71. The van der Waals surface area contributed by atoms with Crippen molar-refractivity contribution in [3.8, 4) is 5.69 Å². The first-order valence-electron chi connectivity index (χ1n) is 7.02. The maximum absolute atomic E-state index is 12.1. The third-order valence-electron chi connectivity index (χ3n) is 3.44. The van der Waals surface area contributed by atoms with E-state index in [9.17, 15) is 19.7 Å². The van der Waals surface area contributed by atoms with Gasteiger partial charge in [-0.1, -0.05) is 0 Å². The smallest absolute Gasteiger partial charge is 0.310 e. The van der Waals surface area contributed by atoms with Crippen LogP contribution in [0.15, 0.2) is 36.7 Å². The zero-order chi connectivity index (χ0) is 17.9. The molecule has 9 heteroatoms. The number of carbonyl (C=O) groups excluding carboxylic acids is 1. The van der Waals surface area contributed by atoms with Crippen LogP contribution in [0.3, 0.4) is 0 Å². The molecule has 1 amide bonds. The standard InChI is InChI=1S/C15H16N4O5/c1-15(2,14(21)22)9-16-13(20)10-7-17-18(8-10)11-3-5-12(6-4-11)19(23)24/h3-8H,9H2,1-2H3,(H,16,20)(H,21,22). The number of carbonyl (C=O) groups is 2. The molecular weight excluding hydrogens is 316 g/mol. The van der Waals surface area contributed by atoms with Crippen LogP contribution in [0.25, 0.3) is 5.69 Å². The van der Waals surface area contributed by atoms with Crippen molar-refractivity contribution in [2.24, 2.45) is 5.41 Å². The van der Waals surface area contributed by atoms with Crippen LogP contribution in [0, 0.1) is 15.5 Å². The van der Waals surface area contributed by atoms with Crippen LogP contribution < -0.4 is 5.32 Å². The minimum atomic E-state index is -1.08. The number of rotatable bonds is 6. The van der Waals surface area contributed by atoms with Crippen molar-refractivity contribution in [3.05, 3.63) is 52.3 Å². The highest BCUT2D eigenvalue weighted by molar-refractivity contribution is 5.94. The monoisotopic (exact) mass is 332 g/mol. The van der Waals surface area contributed by atoms with Crippen molar-refractivity contribution in [1.29, 1.82) is 0 Å². The normalized spacial score (nSPS) is 11.1. The van der Waals surface area contributed by atoms with Crippen molar-refractivity contribution in [3.63, 3.8) is 0 Å². The molecule has 0 aliphatic rings. The molecule has 0 unspecified atom stereocenters. The van der Waals surface area contributed by atoms with Gasteiger partial charge in [-0.15, -0.1) is 0 Å². The molecule has 0 aliphatic carbocycles. The van der Waals surface area contributed by atoms with Gasteiger partial charge < -0.3 is 10.4 Å². The topological polar surface area (TPSA) is 127 Å². The van der Waals surface area contributed by atoms with Crippen LogP contribution in [0.2, 0.25) is 0 Å². The van der Waals surface area contributed by atoms with E-state index in [0.29, 0.717) is 5.69 Å². The first-order chi connectivity index (χ1) is 11.2. The third-order valence-corrected chi connectivity index (χ3v) is 3.44. The molecule has 0 bridgehead atoms. The number of aromatic nitrogens is 2. The van der Waals surface area contributed by atoms with Crippen molar-refractivity contribution < 1.29 is 19.6 Å². The Morgan fingerprint density at radius 2 is 1.96 bits per heavy atom. The summed E-state index contributed by atoms with van der Waals surface area (Å²) in [5.41, 5.74) is -0.302. The zero-order valence-electron chi connectivity index (χ0n) is 13.1. The Hall–Kier alpha value is -3.23. The quantitative estimate of drug-likeness (QED) is 0.611. The van der Waals surface area contributed by atoms with Crippen molar-refractivity contribution >= 4 is 17.6 Å². The summed E-state index contributed by atoms with van der Waals surface area (Å²) in [5.74, 6) is -1.46. The maximum Gasteiger partial charge on any atom is 0.310 e. The molecule has 0 saturated carbocycles. The van der Waals surface area contributed by atoms with E-state index in [1.165, 1.54) is 55.2 Å². The van der Waals surface area contributed by atoms with Crippen LogP contribution in [-0.4, -0.2) is 38.2 Å². The van der Waals surface area contributed by atoms with E-state index in [4.69, 9.17) is 5.11 Å². The molecule has 0 saturated heterocycles. The van der Waals surface area contributed by atoms with Gasteiger partial charge in [0.1, 0.15) is 0 Å². The number of nitrogens with one attached hydrogen (secondary N) is 1. The van der Waals surface area contributed by atoms with E-state index in [0.717, 1.165) is 0 Å². The molecule has 0 aliphatic heterocycles. The van der Waals surface area contributed by atoms with Crippen LogP contribution in [0.1, 0.15) is 24.2 Å². The molecule has 2 rings (SSSR count). The molecule has 0 fully saturated rings. The fraction of sp³-hybridized carbons (Fsp3) is 0.267. The van der Waals surface area contributed by atoms with E-state index in [-0.39, 0.29) is 17.8 Å². The minimum absolute atomic E-state index is 0.0239. The zero-order valence-corrected chi connectivity index (χ0v) is 13.1. The second kappa shape index (κ2) is 6.49. The minimum Gasteiger partial charge on any atom is -0.481 e. The van der Waals surface area contributed by atoms with Gasteiger partial charge in [0.25, 0.3) is 11.6 Å². The first-order valence-corrected chi connectivity index (χ1v) is 7.02. The van der Waals surface area contributed by atoms with Gasteiger partial charge in [-0.2, -0.15) is 5.10 Å². The highest BCUT2D eigenvalue weighted by atomic mass is 16.6. The molecule has 1 heterocycles. The Labute approximate surface area is 137 Å². The molecule has 0 spiro atoms. The second-order valence-electron chi connectivity index (χ2n) is 5.82. The Balaban J connectivity index is 2.08. The van der Waals surface area contributed by atoms with E-state index in [1.807, 2.05) is 0 Å². The van der Waals surface area contributed by atoms with Gasteiger partial charge in [0, 0.05) is 24.9 Å². The van der Waals surface area contributed by atoms with Crippen molar-refractivity contribution in [1.82, 2.24) is 15.1 Å². The highest BCUT2D eigenvalue weighted by Crippen LogP contribution is 2.16. The number of nitro benzene ring substituents is 1. The summed E-state index contributed by atoms with van der Waals surface area (Å²) in [4.78, 5) is 33.2. The summed E-state index contributed by atoms with van der Waals surface area (Å²) >= 11 is 0. The van der Waals surface area contributed by atoms with Crippen LogP contribution in [0.4, 0.5) is 5.69 Å². The largest absolute Gasteiger partial charge is 0.481 e. The van der Waals surface area contributed by atoms with Gasteiger partial charge in [-0.25, -0.2) is 4.68 Å². The lowest BCUT2D eigenvalue weighted by atomic mass is 9.94. The fourth-order valence-corrected chi connectivity index (χ4v) is 1.79. The number of carboxylic acid groups (broad SMARTS) is 1. The fourth-order valence-electron chi connectivity index (χ4n) is 1.79. The molecule has 1 aromatic carbocycles. The molecule has 2 aromatic rings. The van der Waals surface area contributed by atoms with Crippen LogP contribution in [0.5, 0.6) is 0 Å². The lowest BCUT2D eigenvalue weighted by Crippen LogP contribution is -2.38. The lowest BCUT2D eigenvalue weighted by molar-refractivity contribution is -0.384. The van der Waals surface area contributed by atoms with E-state index >= 15 is 0 Å². The van der Waals surface area contributed by atoms with Crippen molar-refractivity contribution in [2.45, 2.75) is 13.8 Å². The summed E-state index contributed by atoms with van der Waals surface area (Å²) in [5, 5.41) is 26.2. The van der Waals surface area contributed by atoms with Gasteiger partial charge in [0.05, 0.1) is 27.8 Å². The molecule has 24 heavy (non-hydrogen) atoms. The molecule has 2 N–H and O–H groups in total. The lowest BCUT2D eigenvalue weighted by Gasteiger charge is -2.19. The number of benzene rings is 1. The number of hydrogen-bond acceptors (Lipinski definition) is 5. The third kappa shape index (κ3) is 3.75. The summed E-state index contributed by atoms with van der Waals surface area (Å²) in [6.45, 7) is 3.00. The average molecular weight is 332 g/mol. The van der Waals surface area contributed by atoms with Gasteiger partial charge >= 0.3 is 5.97 Å². The Morgan fingerprint density at radius 1 is 1.33 bits per heavy atom. The number of amides is 1. The summed E-state index contributed by atoms with van der Waals surface area (Å²) < 4.78 is 1.40. The molecule has 1 aromatic heterocycles. The maximum atomic E-state index is 12.1. The van der Waals surface area contributed by atoms with Gasteiger partial charge in [-0.05, 0) is 26.0 Å². The second-order valence-corrected chi connectivity index (χ2v) is 5.82. The number of carboxylic acids is 1. The molecule has 0 radical (unpaired) electrons. The number of nitrogens with zero attached hydrogens (tertiary/aromatic N) is 3.